The van der Waals surface area contributed by atoms with Gasteiger partial charge in [-0.3, -0.25) is 0 Å². The van der Waals surface area contributed by atoms with Crippen molar-refractivity contribution in [2.75, 3.05) is 20.3 Å². The van der Waals surface area contributed by atoms with Gasteiger partial charge in [-0.25, -0.2) is 0 Å². The average molecular weight is 237 g/mol. The first kappa shape index (κ1) is 14.0. The van der Waals surface area contributed by atoms with Gasteiger partial charge in [0.05, 0.1) is 7.11 Å². The van der Waals surface area contributed by atoms with Crippen molar-refractivity contribution in [2.24, 2.45) is 0 Å². The molecule has 1 aromatic rings. The number of methoxy groups -OCH3 is 1. The number of ether oxygens (including phenoxy) is 1. The molecule has 0 aliphatic rings. The molecule has 1 rings (SSSR count). The van der Waals surface area contributed by atoms with Crippen LogP contribution in [0.3, 0.4) is 0 Å². The van der Waals surface area contributed by atoms with Crippen molar-refractivity contribution in [3.63, 3.8) is 0 Å². The normalized spacial score (nSPS) is 10.6. The molecular formula is C14H23NO2. The average Bonchev–Trinajstić information content (AvgIpc) is 2.28. The maximum absolute atomic E-state index is 8.69. The van der Waals surface area contributed by atoms with Crippen LogP contribution in [0, 0.1) is 13.8 Å². The summed E-state index contributed by atoms with van der Waals surface area (Å²) in [7, 11) is 1.72. The van der Waals surface area contributed by atoms with Gasteiger partial charge in [0, 0.05) is 18.7 Å². The summed E-state index contributed by atoms with van der Waals surface area (Å²) in [6.45, 7) is 6.19. The Morgan fingerprint density at radius 1 is 1.24 bits per heavy atom. The van der Waals surface area contributed by atoms with Crippen molar-refractivity contribution in [3.05, 3.63) is 28.8 Å². The van der Waals surface area contributed by atoms with E-state index < -0.39 is 0 Å². The van der Waals surface area contributed by atoms with E-state index >= 15 is 0 Å². The molecule has 1 aromatic carbocycles. The van der Waals surface area contributed by atoms with Crippen molar-refractivity contribution in [1.82, 2.24) is 5.32 Å². The van der Waals surface area contributed by atoms with E-state index in [2.05, 4.69) is 31.3 Å². The molecule has 3 heteroatoms. The van der Waals surface area contributed by atoms with Gasteiger partial charge in [-0.15, -0.1) is 0 Å². The van der Waals surface area contributed by atoms with Gasteiger partial charge >= 0.3 is 0 Å². The zero-order valence-electron chi connectivity index (χ0n) is 11.0. The van der Waals surface area contributed by atoms with Gasteiger partial charge in [-0.2, -0.15) is 0 Å². The zero-order valence-corrected chi connectivity index (χ0v) is 11.0. The summed E-state index contributed by atoms with van der Waals surface area (Å²) in [6, 6.07) is 4.29. The highest BCUT2D eigenvalue weighted by Crippen LogP contribution is 2.24. The molecule has 0 radical (unpaired) electrons. The van der Waals surface area contributed by atoms with Gasteiger partial charge in [0.15, 0.2) is 0 Å². The molecule has 17 heavy (non-hydrogen) atoms. The maximum atomic E-state index is 8.69. The fourth-order valence-corrected chi connectivity index (χ4v) is 2.05. The molecule has 0 unspecified atom stereocenters. The Kier molecular flexibility index (Phi) is 6.01. The van der Waals surface area contributed by atoms with Crippen LogP contribution in [0.2, 0.25) is 0 Å². The van der Waals surface area contributed by atoms with Crippen molar-refractivity contribution >= 4 is 0 Å². The lowest BCUT2D eigenvalue weighted by Gasteiger charge is -2.13. The largest absolute Gasteiger partial charge is 0.496 e. The van der Waals surface area contributed by atoms with Gasteiger partial charge < -0.3 is 15.2 Å². The molecule has 3 nitrogen and oxygen atoms in total. The molecule has 0 heterocycles. The lowest BCUT2D eigenvalue weighted by atomic mass is 10.1. The highest BCUT2D eigenvalue weighted by molar-refractivity contribution is 5.43. The molecule has 0 saturated heterocycles. The number of benzene rings is 1. The number of nitrogens with one attached hydrogen (secondary N) is 1. The van der Waals surface area contributed by atoms with Gasteiger partial charge in [-0.05, 0) is 38.8 Å². The number of rotatable bonds is 7. The number of aryl methyl sites for hydroxylation is 2. The van der Waals surface area contributed by atoms with Crippen molar-refractivity contribution in [2.45, 2.75) is 33.2 Å². The van der Waals surface area contributed by atoms with Crippen LogP contribution in [0.5, 0.6) is 5.75 Å². The Morgan fingerprint density at radius 2 is 2.00 bits per heavy atom. The number of aliphatic hydroxyl groups is 1. The fraction of sp³-hybridized carbons (Fsp3) is 0.571. The predicted molar refractivity (Wildman–Crippen MR) is 70.5 cm³/mol. The second-order valence-corrected chi connectivity index (χ2v) is 4.38. The molecule has 0 amide bonds. The predicted octanol–water partition coefficient (Wildman–Crippen LogP) is 2.17. The summed E-state index contributed by atoms with van der Waals surface area (Å²) in [5, 5.41) is 12.1. The van der Waals surface area contributed by atoms with E-state index in [0.29, 0.717) is 0 Å². The molecule has 96 valence electrons. The van der Waals surface area contributed by atoms with E-state index in [4.69, 9.17) is 9.84 Å². The molecular weight excluding hydrogens is 214 g/mol. The Balaban J connectivity index is 2.57. The molecule has 0 aromatic heterocycles. The van der Waals surface area contributed by atoms with Crippen LogP contribution >= 0.6 is 0 Å². The SMILES string of the molecule is COc1c(C)cc(C)cc1CNCCCCO. The molecule has 0 saturated carbocycles. The molecule has 0 aliphatic heterocycles. The van der Waals surface area contributed by atoms with E-state index in [1.165, 1.54) is 16.7 Å². The van der Waals surface area contributed by atoms with E-state index in [9.17, 15) is 0 Å². The summed E-state index contributed by atoms with van der Waals surface area (Å²) in [6.07, 6.45) is 1.86. The summed E-state index contributed by atoms with van der Waals surface area (Å²) in [5.74, 6) is 0.977. The van der Waals surface area contributed by atoms with Gasteiger partial charge in [-0.1, -0.05) is 17.7 Å². The van der Waals surface area contributed by atoms with E-state index in [0.717, 1.165) is 31.7 Å². The second-order valence-electron chi connectivity index (χ2n) is 4.38. The van der Waals surface area contributed by atoms with Crippen LogP contribution < -0.4 is 10.1 Å². The number of hydrogen-bond donors (Lipinski definition) is 2. The first-order valence-corrected chi connectivity index (χ1v) is 6.14. The highest BCUT2D eigenvalue weighted by atomic mass is 16.5. The fourth-order valence-electron chi connectivity index (χ4n) is 2.05. The number of unbranched alkanes of at least 4 members (excludes halogenated alkanes) is 1. The molecule has 0 atom stereocenters. The van der Waals surface area contributed by atoms with Crippen molar-refractivity contribution in [3.8, 4) is 5.75 Å². The Morgan fingerprint density at radius 3 is 2.65 bits per heavy atom. The summed E-state index contributed by atoms with van der Waals surface area (Å²) < 4.78 is 5.43. The third-order valence-corrected chi connectivity index (χ3v) is 2.78. The lowest BCUT2D eigenvalue weighted by Crippen LogP contribution is -2.16. The minimum Gasteiger partial charge on any atom is -0.496 e. The third kappa shape index (κ3) is 4.36. The second kappa shape index (κ2) is 7.30. The van der Waals surface area contributed by atoms with Gasteiger partial charge in [0.1, 0.15) is 5.75 Å². The molecule has 0 aliphatic carbocycles. The summed E-state index contributed by atoms with van der Waals surface area (Å²) in [4.78, 5) is 0. The van der Waals surface area contributed by atoms with Crippen molar-refractivity contribution in [1.29, 1.82) is 0 Å². The Labute approximate surface area is 104 Å². The minimum atomic E-state index is 0.272. The topological polar surface area (TPSA) is 41.5 Å². The highest BCUT2D eigenvalue weighted by Gasteiger charge is 2.06. The van der Waals surface area contributed by atoms with Crippen LogP contribution in [0.4, 0.5) is 0 Å². The lowest BCUT2D eigenvalue weighted by molar-refractivity contribution is 0.283. The quantitative estimate of drug-likeness (QED) is 0.714. The van der Waals surface area contributed by atoms with E-state index in [1.54, 1.807) is 7.11 Å². The van der Waals surface area contributed by atoms with E-state index in [1.807, 2.05) is 0 Å². The summed E-state index contributed by atoms with van der Waals surface area (Å²) >= 11 is 0. The minimum absolute atomic E-state index is 0.272. The monoisotopic (exact) mass is 237 g/mol. The van der Waals surface area contributed by atoms with E-state index in [-0.39, 0.29) is 6.61 Å². The van der Waals surface area contributed by atoms with Crippen LogP contribution in [-0.4, -0.2) is 25.4 Å². The number of hydrogen-bond acceptors (Lipinski definition) is 3. The Hall–Kier alpha value is -1.06. The first-order valence-electron chi connectivity index (χ1n) is 6.14. The van der Waals surface area contributed by atoms with Crippen LogP contribution in [0.25, 0.3) is 0 Å². The van der Waals surface area contributed by atoms with Crippen molar-refractivity contribution < 1.29 is 9.84 Å². The molecule has 0 fully saturated rings. The molecule has 0 spiro atoms. The first-order chi connectivity index (χ1) is 8.19. The maximum Gasteiger partial charge on any atom is 0.126 e. The summed E-state index contributed by atoms with van der Waals surface area (Å²) in [5.41, 5.74) is 3.64. The third-order valence-electron chi connectivity index (χ3n) is 2.78. The smallest absolute Gasteiger partial charge is 0.126 e. The van der Waals surface area contributed by atoms with Crippen LogP contribution in [0.15, 0.2) is 12.1 Å². The molecule has 0 bridgehead atoms. The zero-order chi connectivity index (χ0) is 12.7. The molecule has 2 N–H and O–H groups in total. The van der Waals surface area contributed by atoms with Crippen LogP contribution in [0.1, 0.15) is 29.5 Å². The standard InChI is InChI=1S/C14H23NO2/c1-11-8-12(2)14(17-3)13(9-11)10-15-6-4-5-7-16/h8-9,15-16H,4-7,10H2,1-3H3. The number of aliphatic hydroxyl groups excluding tert-OH is 1. The van der Waals surface area contributed by atoms with Gasteiger partial charge in [0.25, 0.3) is 0 Å². The van der Waals surface area contributed by atoms with Crippen LogP contribution in [-0.2, 0) is 6.54 Å². The van der Waals surface area contributed by atoms with Gasteiger partial charge in [0.2, 0.25) is 0 Å². The Bertz CT molecular complexity index is 350.